The van der Waals surface area contributed by atoms with E-state index in [1.807, 2.05) is 0 Å². The van der Waals surface area contributed by atoms with Gasteiger partial charge in [-0.2, -0.15) is 4.72 Å². The largest absolute Gasteiger partial charge is 0.468 e. The summed E-state index contributed by atoms with van der Waals surface area (Å²) >= 11 is 3.19. The van der Waals surface area contributed by atoms with E-state index >= 15 is 0 Å². The molecule has 22 heavy (non-hydrogen) atoms. The third-order valence-electron chi connectivity index (χ3n) is 2.85. The van der Waals surface area contributed by atoms with Gasteiger partial charge in [0.2, 0.25) is 10.0 Å². The lowest BCUT2D eigenvalue weighted by molar-refractivity contribution is -0.139. The zero-order valence-electron chi connectivity index (χ0n) is 12.4. The van der Waals surface area contributed by atoms with E-state index in [4.69, 9.17) is 4.74 Å². The summed E-state index contributed by atoms with van der Waals surface area (Å²) in [4.78, 5) is 22.8. The molecule has 0 saturated carbocycles. The number of hydrogen-bond acceptors (Lipinski definition) is 6. The molecule has 1 rings (SSSR count). The van der Waals surface area contributed by atoms with E-state index in [1.165, 1.54) is 10.6 Å². The fraction of sp³-hybridized carbons (Fsp3) is 0.500. The van der Waals surface area contributed by atoms with E-state index in [9.17, 15) is 18.0 Å². The van der Waals surface area contributed by atoms with Crippen LogP contribution < -0.4 is 4.72 Å². The normalized spacial score (nSPS) is 11.3. The molecule has 0 amide bonds. The number of nitrogens with one attached hydrogen (secondary N) is 1. The highest BCUT2D eigenvalue weighted by Gasteiger charge is 2.26. The van der Waals surface area contributed by atoms with Gasteiger partial charge in [0.1, 0.15) is 17.1 Å². The van der Waals surface area contributed by atoms with Crippen molar-refractivity contribution in [3.8, 4) is 0 Å². The van der Waals surface area contributed by atoms with Crippen molar-refractivity contribution in [2.45, 2.75) is 17.1 Å². The van der Waals surface area contributed by atoms with Gasteiger partial charge in [-0.25, -0.2) is 13.2 Å². The van der Waals surface area contributed by atoms with Gasteiger partial charge in [-0.15, -0.1) is 0 Å². The topological polar surface area (TPSA) is 104 Å². The van der Waals surface area contributed by atoms with Gasteiger partial charge in [-0.05, 0) is 13.0 Å². The first-order valence-electron chi connectivity index (χ1n) is 6.26. The minimum absolute atomic E-state index is 0.0983. The minimum Gasteiger partial charge on any atom is -0.468 e. The molecule has 10 heteroatoms. The highest BCUT2D eigenvalue weighted by molar-refractivity contribution is 9.08. The summed E-state index contributed by atoms with van der Waals surface area (Å²) in [7, 11) is -1.26. The van der Waals surface area contributed by atoms with Crippen LogP contribution in [0.3, 0.4) is 0 Å². The van der Waals surface area contributed by atoms with Crippen LogP contribution in [0.5, 0.6) is 0 Å². The van der Waals surface area contributed by atoms with E-state index in [2.05, 4.69) is 25.4 Å². The van der Waals surface area contributed by atoms with E-state index in [0.29, 0.717) is 5.69 Å². The van der Waals surface area contributed by atoms with Gasteiger partial charge in [-0.3, -0.25) is 4.79 Å². The second kappa shape index (κ2) is 7.75. The van der Waals surface area contributed by atoms with Crippen molar-refractivity contribution < 1.29 is 27.5 Å². The van der Waals surface area contributed by atoms with Gasteiger partial charge < -0.3 is 14.0 Å². The van der Waals surface area contributed by atoms with Crippen molar-refractivity contribution in [2.24, 2.45) is 7.05 Å². The van der Waals surface area contributed by atoms with Gasteiger partial charge in [-0.1, -0.05) is 15.9 Å². The second-order valence-electron chi connectivity index (χ2n) is 4.15. The van der Waals surface area contributed by atoms with Crippen molar-refractivity contribution in [3.05, 3.63) is 17.5 Å². The van der Waals surface area contributed by atoms with E-state index in [1.54, 1.807) is 14.0 Å². The first-order valence-corrected chi connectivity index (χ1v) is 8.87. The molecule has 0 bridgehead atoms. The van der Waals surface area contributed by atoms with Crippen molar-refractivity contribution in [3.63, 3.8) is 0 Å². The van der Waals surface area contributed by atoms with Gasteiger partial charge in [0.05, 0.1) is 13.7 Å². The summed E-state index contributed by atoms with van der Waals surface area (Å²) in [5.41, 5.74) is 0.468. The van der Waals surface area contributed by atoms with E-state index < -0.39 is 28.5 Å². The fourth-order valence-corrected chi connectivity index (χ4v) is 3.82. The highest BCUT2D eigenvalue weighted by Crippen LogP contribution is 2.23. The maximum absolute atomic E-state index is 12.3. The molecule has 1 heterocycles. The maximum Gasteiger partial charge on any atom is 0.354 e. The summed E-state index contributed by atoms with van der Waals surface area (Å²) < 4.78 is 37.4. The van der Waals surface area contributed by atoms with Gasteiger partial charge in [0.15, 0.2) is 0 Å². The predicted octanol–water partition coefficient (Wildman–Crippen LogP) is 0.548. The Labute approximate surface area is 136 Å². The average Bonchev–Trinajstić information content (AvgIpc) is 2.82. The average molecular weight is 397 g/mol. The van der Waals surface area contributed by atoms with Crippen molar-refractivity contribution in [2.75, 3.05) is 20.3 Å². The van der Waals surface area contributed by atoms with Gasteiger partial charge >= 0.3 is 11.9 Å². The quantitative estimate of drug-likeness (QED) is 0.532. The van der Waals surface area contributed by atoms with E-state index in [-0.39, 0.29) is 22.5 Å². The van der Waals surface area contributed by atoms with Gasteiger partial charge in [0.25, 0.3) is 0 Å². The number of alkyl halides is 1. The molecule has 0 aliphatic carbocycles. The molecular weight excluding hydrogens is 380 g/mol. The molecule has 0 atom stereocenters. The van der Waals surface area contributed by atoms with Crippen LogP contribution in [0.25, 0.3) is 0 Å². The third-order valence-corrected chi connectivity index (χ3v) is 4.84. The number of carbonyl (C=O) groups excluding carboxylic acids is 2. The molecule has 0 radical (unpaired) electrons. The number of carbonyl (C=O) groups is 2. The number of aromatic nitrogens is 1. The number of nitrogens with zero attached hydrogens (tertiary/aromatic N) is 1. The van der Waals surface area contributed by atoms with Crippen molar-refractivity contribution in [1.82, 2.24) is 9.29 Å². The minimum atomic E-state index is -3.97. The number of ether oxygens (including phenoxy) is 2. The number of esters is 2. The molecule has 0 spiro atoms. The Hall–Kier alpha value is -1.39. The fourth-order valence-electron chi connectivity index (χ4n) is 1.71. The van der Waals surface area contributed by atoms with Crippen LogP contribution >= 0.6 is 15.9 Å². The van der Waals surface area contributed by atoms with Crippen LogP contribution in [0.1, 0.15) is 23.1 Å². The van der Waals surface area contributed by atoms with Crippen LogP contribution in [-0.2, 0) is 36.7 Å². The standard InChI is InChI=1S/C12H17BrN2O6S/c1-4-21-12(17)8-5-10(9(6-13)15(8)2)22(18,19)14-7-11(16)20-3/h5,14H,4,6-7H2,1-3H3. The molecule has 0 aliphatic heterocycles. The maximum atomic E-state index is 12.3. The number of halogens is 1. The molecule has 0 saturated heterocycles. The number of methoxy groups -OCH3 is 1. The Morgan fingerprint density at radius 2 is 2.05 bits per heavy atom. The molecule has 0 aromatic carbocycles. The molecule has 1 N–H and O–H groups in total. The van der Waals surface area contributed by atoms with Crippen LogP contribution in [0.2, 0.25) is 0 Å². The molecule has 124 valence electrons. The summed E-state index contributed by atoms with van der Waals surface area (Å²) in [6.07, 6.45) is 0. The molecule has 1 aromatic heterocycles. The molecular formula is C12H17BrN2O6S. The third kappa shape index (κ3) is 4.08. The van der Waals surface area contributed by atoms with Crippen molar-refractivity contribution >= 4 is 37.9 Å². The lowest BCUT2D eigenvalue weighted by Gasteiger charge is -2.07. The Balaban J connectivity index is 3.20. The van der Waals surface area contributed by atoms with Crippen LogP contribution in [0.4, 0.5) is 0 Å². The summed E-state index contributed by atoms with van der Waals surface area (Å²) in [5, 5.41) is 0.206. The smallest absolute Gasteiger partial charge is 0.354 e. The molecule has 1 aromatic rings. The van der Waals surface area contributed by atoms with Crippen LogP contribution in [-0.4, -0.2) is 45.2 Å². The zero-order valence-corrected chi connectivity index (χ0v) is 14.8. The Bertz CT molecular complexity index is 667. The lowest BCUT2D eigenvalue weighted by atomic mass is 10.4. The SMILES string of the molecule is CCOC(=O)c1cc(S(=O)(=O)NCC(=O)OC)c(CBr)n1C. The molecule has 0 fully saturated rings. The van der Waals surface area contributed by atoms with Crippen LogP contribution in [0.15, 0.2) is 11.0 Å². The van der Waals surface area contributed by atoms with Crippen LogP contribution in [0, 0.1) is 0 Å². The molecule has 0 aliphatic rings. The first kappa shape index (κ1) is 18.7. The van der Waals surface area contributed by atoms with E-state index in [0.717, 1.165) is 7.11 Å². The predicted molar refractivity (Wildman–Crippen MR) is 81.2 cm³/mol. The zero-order chi connectivity index (χ0) is 16.9. The summed E-state index contributed by atoms with van der Waals surface area (Å²) in [6, 6.07) is 1.22. The summed E-state index contributed by atoms with van der Waals surface area (Å²) in [6.45, 7) is 1.34. The summed E-state index contributed by atoms with van der Waals surface area (Å²) in [5.74, 6) is -1.34. The Kier molecular flexibility index (Phi) is 6.57. The lowest BCUT2D eigenvalue weighted by Crippen LogP contribution is -2.30. The first-order chi connectivity index (χ1) is 10.3. The Morgan fingerprint density at radius 1 is 1.41 bits per heavy atom. The number of hydrogen-bond donors (Lipinski definition) is 1. The number of rotatable bonds is 7. The number of sulfonamides is 1. The van der Waals surface area contributed by atoms with Gasteiger partial charge in [0, 0.05) is 18.1 Å². The molecule has 0 unspecified atom stereocenters. The molecule has 8 nitrogen and oxygen atoms in total. The second-order valence-corrected chi connectivity index (χ2v) is 6.45. The monoisotopic (exact) mass is 396 g/mol. The van der Waals surface area contributed by atoms with Crippen molar-refractivity contribution in [1.29, 1.82) is 0 Å². The highest BCUT2D eigenvalue weighted by atomic mass is 79.9. The Morgan fingerprint density at radius 3 is 2.55 bits per heavy atom.